The molecule has 0 N–H and O–H groups in total. The highest BCUT2D eigenvalue weighted by Gasteiger charge is 2.28. The lowest BCUT2D eigenvalue weighted by atomic mass is 10.1. The summed E-state index contributed by atoms with van der Waals surface area (Å²) >= 11 is 1.65. The van der Waals surface area contributed by atoms with E-state index in [1.807, 2.05) is 40.7 Å². The Morgan fingerprint density at radius 2 is 2.30 bits per heavy atom. The highest BCUT2D eigenvalue weighted by Crippen LogP contribution is 2.26. The summed E-state index contributed by atoms with van der Waals surface area (Å²) in [6.07, 6.45) is 5.61. The Hall–Kier alpha value is -1.92. The summed E-state index contributed by atoms with van der Waals surface area (Å²) in [7, 11) is 0. The number of hydrogen-bond acceptors (Lipinski definition) is 5. The van der Waals surface area contributed by atoms with Crippen LogP contribution >= 0.6 is 11.3 Å². The van der Waals surface area contributed by atoms with E-state index in [-0.39, 0.29) is 0 Å². The van der Waals surface area contributed by atoms with Gasteiger partial charge >= 0.3 is 0 Å². The van der Waals surface area contributed by atoms with E-state index in [1.54, 1.807) is 17.6 Å². The highest BCUT2D eigenvalue weighted by atomic mass is 32.1. The lowest BCUT2D eigenvalue weighted by molar-refractivity contribution is 0.0895. The molecule has 0 amide bonds. The van der Waals surface area contributed by atoms with Gasteiger partial charge in [0.15, 0.2) is 0 Å². The normalized spacial score (nSPS) is 16.4. The van der Waals surface area contributed by atoms with Crippen LogP contribution < -0.4 is 0 Å². The van der Waals surface area contributed by atoms with E-state index in [0.29, 0.717) is 6.04 Å². The molecule has 0 bridgehead atoms. The molecule has 1 aliphatic rings. The third-order valence-electron chi connectivity index (χ3n) is 3.51. The minimum absolute atomic E-state index is 0.494. The average Bonchev–Trinajstić information content (AvgIpc) is 3.13. The fourth-order valence-corrected chi connectivity index (χ4v) is 3.11. The topological polar surface area (TPSA) is 47.1 Å². The van der Waals surface area contributed by atoms with Gasteiger partial charge < -0.3 is 4.42 Å². The predicted molar refractivity (Wildman–Crippen MR) is 76.4 cm³/mol. The molecule has 4 heterocycles. The third-order valence-corrected chi connectivity index (χ3v) is 4.36. The Bertz CT molecular complexity index is 668. The second kappa shape index (κ2) is 4.88. The first-order chi connectivity index (χ1) is 9.88. The molecule has 0 atom stereocenters. The molecule has 3 aromatic heterocycles. The van der Waals surface area contributed by atoms with Gasteiger partial charge in [0.05, 0.1) is 16.6 Å². The molecule has 5 nitrogen and oxygen atoms in total. The van der Waals surface area contributed by atoms with Crippen molar-refractivity contribution in [3.05, 3.63) is 47.9 Å². The number of thiophene rings is 1. The van der Waals surface area contributed by atoms with Gasteiger partial charge in [0.25, 0.3) is 0 Å². The molecular formula is C14H14N4OS. The molecule has 20 heavy (non-hydrogen) atoms. The monoisotopic (exact) mass is 286 g/mol. The van der Waals surface area contributed by atoms with E-state index in [1.165, 1.54) is 0 Å². The lowest BCUT2D eigenvalue weighted by Crippen LogP contribution is -2.47. The molecule has 0 saturated carbocycles. The van der Waals surface area contributed by atoms with Crippen LogP contribution in [0.5, 0.6) is 0 Å². The van der Waals surface area contributed by atoms with E-state index in [4.69, 9.17) is 4.42 Å². The van der Waals surface area contributed by atoms with E-state index in [9.17, 15) is 0 Å². The standard InChI is InChI=1S/C14H14N4OS/c1-3-13(20-6-1)14-16-11(10-19-14)7-17-8-12(9-17)18-5-2-4-15-18/h1-6,10,12H,7-9H2. The van der Waals surface area contributed by atoms with Gasteiger partial charge in [-0.15, -0.1) is 11.3 Å². The number of hydrogen-bond donors (Lipinski definition) is 0. The van der Waals surface area contributed by atoms with Crippen LogP contribution in [0.3, 0.4) is 0 Å². The summed E-state index contributed by atoms with van der Waals surface area (Å²) in [6.45, 7) is 2.87. The number of rotatable bonds is 4. The van der Waals surface area contributed by atoms with Crippen molar-refractivity contribution in [3.8, 4) is 10.8 Å². The van der Waals surface area contributed by atoms with Gasteiger partial charge in [0.2, 0.25) is 5.89 Å². The zero-order chi connectivity index (χ0) is 13.4. The molecule has 102 valence electrons. The Morgan fingerprint density at radius 1 is 1.35 bits per heavy atom. The second-order valence-corrected chi connectivity index (χ2v) is 5.90. The Kier molecular flexibility index (Phi) is 2.90. The molecule has 0 unspecified atom stereocenters. The number of nitrogens with zero attached hydrogens (tertiary/aromatic N) is 4. The zero-order valence-electron chi connectivity index (χ0n) is 10.8. The van der Waals surface area contributed by atoms with Crippen LogP contribution in [0.2, 0.25) is 0 Å². The molecule has 0 aromatic carbocycles. The second-order valence-electron chi connectivity index (χ2n) is 4.96. The van der Waals surface area contributed by atoms with Crippen molar-refractivity contribution in [1.82, 2.24) is 19.7 Å². The van der Waals surface area contributed by atoms with Gasteiger partial charge in [0, 0.05) is 32.0 Å². The van der Waals surface area contributed by atoms with Crippen molar-refractivity contribution in [2.75, 3.05) is 13.1 Å². The molecule has 6 heteroatoms. The highest BCUT2D eigenvalue weighted by molar-refractivity contribution is 7.13. The molecule has 0 spiro atoms. The fourth-order valence-electron chi connectivity index (χ4n) is 2.46. The summed E-state index contributed by atoms with van der Waals surface area (Å²) in [5.74, 6) is 0.721. The molecule has 1 fully saturated rings. The van der Waals surface area contributed by atoms with Gasteiger partial charge in [-0.05, 0) is 17.5 Å². The van der Waals surface area contributed by atoms with Crippen molar-refractivity contribution in [1.29, 1.82) is 0 Å². The average molecular weight is 286 g/mol. The first kappa shape index (κ1) is 11.9. The number of oxazole rings is 1. The van der Waals surface area contributed by atoms with Gasteiger partial charge in [-0.25, -0.2) is 4.98 Å². The van der Waals surface area contributed by atoms with Crippen molar-refractivity contribution in [3.63, 3.8) is 0 Å². The fraction of sp³-hybridized carbons (Fsp3) is 0.286. The molecule has 0 aliphatic carbocycles. The van der Waals surface area contributed by atoms with E-state index >= 15 is 0 Å². The summed E-state index contributed by atoms with van der Waals surface area (Å²) in [6, 6.07) is 6.49. The summed E-state index contributed by atoms with van der Waals surface area (Å²) in [5.41, 5.74) is 0.993. The summed E-state index contributed by atoms with van der Waals surface area (Å²) in [4.78, 5) is 7.97. The maximum atomic E-state index is 5.53. The van der Waals surface area contributed by atoms with Crippen LogP contribution in [-0.2, 0) is 6.54 Å². The van der Waals surface area contributed by atoms with Crippen LogP contribution in [0.1, 0.15) is 11.7 Å². The van der Waals surface area contributed by atoms with Gasteiger partial charge in [-0.2, -0.15) is 5.10 Å². The summed E-state index contributed by atoms with van der Waals surface area (Å²) in [5, 5.41) is 6.31. The Labute approximate surface area is 120 Å². The van der Waals surface area contributed by atoms with Crippen LogP contribution in [0.15, 0.2) is 46.7 Å². The van der Waals surface area contributed by atoms with Crippen molar-refractivity contribution in [2.24, 2.45) is 0 Å². The van der Waals surface area contributed by atoms with Gasteiger partial charge in [-0.3, -0.25) is 9.58 Å². The molecule has 1 aliphatic heterocycles. The number of aromatic nitrogens is 3. The Morgan fingerprint density at radius 3 is 3.05 bits per heavy atom. The minimum Gasteiger partial charge on any atom is -0.444 e. The van der Waals surface area contributed by atoms with Crippen molar-refractivity contribution < 1.29 is 4.42 Å². The largest absolute Gasteiger partial charge is 0.444 e. The van der Waals surface area contributed by atoms with Gasteiger partial charge in [-0.1, -0.05) is 6.07 Å². The predicted octanol–water partition coefficient (Wildman–Crippen LogP) is 2.66. The number of likely N-dealkylation sites (tertiary alicyclic amines) is 1. The lowest BCUT2D eigenvalue weighted by Gasteiger charge is -2.38. The maximum absolute atomic E-state index is 5.53. The van der Waals surface area contributed by atoms with Crippen LogP contribution in [0, 0.1) is 0 Å². The molecular weight excluding hydrogens is 272 g/mol. The van der Waals surface area contributed by atoms with Crippen molar-refractivity contribution in [2.45, 2.75) is 12.6 Å². The maximum Gasteiger partial charge on any atom is 0.236 e. The van der Waals surface area contributed by atoms with Crippen LogP contribution in [-0.4, -0.2) is 32.8 Å². The van der Waals surface area contributed by atoms with Crippen LogP contribution in [0.25, 0.3) is 10.8 Å². The zero-order valence-corrected chi connectivity index (χ0v) is 11.7. The van der Waals surface area contributed by atoms with E-state index in [2.05, 4.69) is 15.0 Å². The quantitative estimate of drug-likeness (QED) is 0.740. The van der Waals surface area contributed by atoms with E-state index in [0.717, 1.165) is 36.1 Å². The van der Waals surface area contributed by atoms with Crippen LogP contribution in [0.4, 0.5) is 0 Å². The first-order valence-electron chi connectivity index (χ1n) is 6.58. The molecule has 3 aromatic rings. The Balaban J connectivity index is 1.37. The first-order valence-corrected chi connectivity index (χ1v) is 7.46. The smallest absolute Gasteiger partial charge is 0.236 e. The van der Waals surface area contributed by atoms with E-state index < -0.39 is 0 Å². The third kappa shape index (κ3) is 2.17. The molecule has 0 radical (unpaired) electrons. The minimum atomic E-state index is 0.494. The SMILES string of the molecule is c1csc(-c2nc(CN3CC(n4cccn4)C3)co2)c1. The van der Waals surface area contributed by atoms with Gasteiger partial charge in [0.1, 0.15) is 6.26 Å². The van der Waals surface area contributed by atoms with Crippen molar-refractivity contribution >= 4 is 11.3 Å². The molecule has 1 saturated heterocycles. The molecule has 4 rings (SSSR count). The summed E-state index contributed by atoms with van der Waals surface area (Å²) < 4.78 is 7.56.